The van der Waals surface area contributed by atoms with Crippen LogP contribution < -0.4 is 5.32 Å². The summed E-state index contributed by atoms with van der Waals surface area (Å²) in [5.74, 6) is 2.18. The number of hydrogen-bond acceptors (Lipinski definition) is 2. The fraction of sp³-hybridized carbons (Fsp3) is 0.562. The van der Waals surface area contributed by atoms with Crippen molar-refractivity contribution in [2.45, 2.75) is 18.9 Å². The number of halogens is 1. The third kappa shape index (κ3) is 2.13. The van der Waals surface area contributed by atoms with Crippen LogP contribution in [0.25, 0.3) is 0 Å². The Balaban J connectivity index is 1.50. The molecule has 1 aromatic rings. The van der Waals surface area contributed by atoms with E-state index in [1.54, 1.807) is 12.1 Å². The Bertz CT molecular complexity index is 517. The van der Waals surface area contributed by atoms with Crippen molar-refractivity contribution in [2.75, 3.05) is 19.6 Å². The standard InChI is InChI=1S/C16H19ClN2O/c17-14-3-1-2-11(6-14)16(20)18-15-12-4-10-5-13(15)9-19(7-10)8-12/h1-3,6,10,12-13,15H,4-5,7-9H2,(H,18,20)/t10?,12-,13+,15?. The lowest BCUT2D eigenvalue weighted by molar-refractivity contribution is -0.0418. The van der Waals surface area contributed by atoms with Gasteiger partial charge in [0.15, 0.2) is 0 Å². The highest BCUT2D eigenvalue weighted by Gasteiger charge is 2.47. The van der Waals surface area contributed by atoms with Gasteiger partial charge < -0.3 is 10.2 Å². The maximum absolute atomic E-state index is 12.4. The lowest BCUT2D eigenvalue weighted by Gasteiger charge is -2.55. The predicted octanol–water partition coefficient (Wildman–Crippen LogP) is 2.41. The molecule has 1 N–H and O–H groups in total. The van der Waals surface area contributed by atoms with Gasteiger partial charge in [0.1, 0.15) is 0 Å². The van der Waals surface area contributed by atoms with Gasteiger partial charge in [0.05, 0.1) is 0 Å². The summed E-state index contributed by atoms with van der Waals surface area (Å²) in [7, 11) is 0. The van der Waals surface area contributed by atoms with Crippen LogP contribution in [-0.4, -0.2) is 36.5 Å². The molecule has 4 aliphatic rings. The fourth-order valence-corrected chi connectivity index (χ4v) is 4.70. The number of benzene rings is 1. The summed E-state index contributed by atoms with van der Waals surface area (Å²) in [5.41, 5.74) is 0.673. The van der Waals surface area contributed by atoms with Gasteiger partial charge in [0.2, 0.25) is 0 Å². The summed E-state index contributed by atoms with van der Waals surface area (Å²) in [6.45, 7) is 3.60. The zero-order valence-corrected chi connectivity index (χ0v) is 12.1. The minimum absolute atomic E-state index is 0.0278. The molecule has 20 heavy (non-hydrogen) atoms. The molecule has 1 aliphatic carbocycles. The molecule has 1 saturated carbocycles. The Hall–Kier alpha value is -1.06. The van der Waals surface area contributed by atoms with E-state index in [4.69, 9.17) is 11.6 Å². The molecule has 3 unspecified atom stereocenters. The van der Waals surface area contributed by atoms with Crippen molar-refractivity contribution in [3.8, 4) is 0 Å². The van der Waals surface area contributed by atoms with E-state index in [-0.39, 0.29) is 5.91 Å². The predicted molar refractivity (Wildman–Crippen MR) is 78.9 cm³/mol. The second kappa shape index (κ2) is 4.74. The number of hydrogen-bond donors (Lipinski definition) is 1. The molecular formula is C16H19ClN2O. The van der Waals surface area contributed by atoms with Crippen LogP contribution in [0, 0.1) is 17.8 Å². The van der Waals surface area contributed by atoms with Crippen molar-refractivity contribution in [1.29, 1.82) is 0 Å². The maximum Gasteiger partial charge on any atom is 0.251 e. The van der Waals surface area contributed by atoms with Crippen LogP contribution in [0.15, 0.2) is 24.3 Å². The number of amides is 1. The Morgan fingerprint density at radius 2 is 1.95 bits per heavy atom. The topological polar surface area (TPSA) is 32.3 Å². The van der Waals surface area contributed by atoms with Gasteiger partial charge in [0, 0.05) is 36.3 Å². The Morgan fingerprint density at radius 1 is 1.20 bits per heavy atom. The third-order valence-electron chi connectivity index (χ3n) is 5.17. The van der Waals surface area contributed by atoms with Crippen molar-refractivity contribution >= 4 is 17.5 Å². The lowest BCUT2D eigenvalue weighted by atomic mass is 9.65. The van der Waals surface area contributed by atoms with Crippen LogP contribution in [0.1, 0.15) is 23.2 Å². The van der Waals surface area contributed by atoms with Gasteiger partial charge in [-0.3, -0.25) is 4.79 Å². The van der Waals surface area contributed by atoms with Crippen molar-refractivity contribution < 1.29 is 4.79 Å². The van der Waals surface area contributed by atoms with Gasteiger partial charge >= 0.3 is 0 Å². The summed E-state index contributed by atoms with van der Waals surface area (Å²) in [6, 6.07) is 7.57. The minimum atomic E-state index is 0.0278. The molecule has 1 aromatic carbocycles. The first kappa shape index (κ1) is 12.7. The van der Waals surface area contributed by atoms with Gasteiger partial charge in [-0.1, -0.05) is 17.7 Å². The highest BCUT2D eigenvalue weighted by atomic mass is 35.5. The molecule has 4 fully saturated rings. The second-order valence-corrected chi connectivity index (χ2v) is 7.02. The summed E-state index contributed by atoms with van der Waals surface area (Å²) in [6.07, 6.45) is 2.57. The van der Waals surface area contributed by atoms with Crippen molar-refractivity contribution in [2.24, 2.45) is 17.8 Å². The number of nitrogens with one attached hydrogen (secondary N) is 1. The largest absolute Gasteiger partial charge is 0.349 e. The van der Waals surface area contributed by atoms with Gasteiger partial charge in [-0.2, -0.15) is 0 Å². The molecule has 3 saturated heterocycles. The summed E-state index contributed by atoms with van der Waals surface area (Å²) < 4.78 is 0. The van der Waals surface area contributed by atoms with E-state index in [0.29, 0.717) is 28.5 Å². The molecule has 5 atom stereocenters. The van der Waals surface area contributed by atoms with Crippen molar-refractivity contribution in [3.63, 3.8) is 0 Å². The van der Waals surface area contributed by atoms with Crippen molar-refractivity contribution in [3.05, 3.63) is 34.9 Å². The van der Waals surface area contributed by atoms with E-state index < -0.39 is 0 Å². The first-order valence-electron chi connectivity index (χ1n) is 7.48. The fourth-order valence-electron chi connectivity index (χ4n) is 4.51. The normalized spacial score (nSPS) is 38.0. The van der Waals surface area contributed by atoms with Gasteiger partial charge in [-0.25, -0.2) is 0 Å². The van der Waals surface area contributed by atoms with Crippen LogP contribution in [0.5, 0.6) is 0 Å². The molecule has 0 aromatic heterocycles. The first-order chi connectivity index (χ1) is 9.69. The smallest absolute Gasteiger partial charge is 0.251 e. The number of carbonyl (C=O) groups is 1. The molecule has 3 aliphatic heterocycles. The first-order valence-corrected chi connectivity index (χ1v) is 7.85. The summed E-state index contributed by atoms with van der Waals surface area (Å²) in [4.78, 5) is 15.0. The average Bonchev–Trinajstić information content (AvgIpc) is 2.42. The lowest BCUT2D eigenvalue weighted by Crippen LogP contribution is -2.64. The van der Waals surface area contributed by atoms with Gasteiger partial charge in [-0.15, -0.1) is 0 Å². The van der Waals surface area contributed by atoms with Crippen LogP contribution in [0.2, 0.25) is 5.02 Å². The monoisotopic (exact) mass is 290 g/mol. The quantitative estimate of drug-likeness (QED) is 0.907. The number of piperidine rings is 3. The molecule has 106 valence electrons. The minimum Gasteiger partial charge on any atom is -0.349 e. The van der Waals surface area contributed by atoms with E-state index in [9.17, 15) is 4.79 Å². The molecule has 4 heteroatoms. The van der Waals surface area contributed by atoms with Gasteiger partial charge in [-0.05, 0) is 48.8 Å². The van der Waals surface area contributed by atoms with Gasteiger partial charge in [0.25, 0.3) is 5.91 Å². The molecule has 5 rings (SSSR count). The maximum atomic E-state index is 12.4. The van der Waals surface area contributed by atoms with E-state index in [2.05, 4.69) is 10.2 Å². The molecule has 3 heterocycles. The summed E-state index contributed by atoms with van der Waals surface area (Å²) in [5, 5.41) is 3.90. The van der Waals surface area contributed by atoms with Crippen LogP contribution in [0.3, 0.4) is 0 Å². The number of carbonyl (C=O) groups excluding carboxylic acids is 1. The SMILES string of the molecule is O=C(NC1[C@@H]2CC3C[C@H]1CN(C3)C2)c1cccc(Cl)c1. The Morgan fingerprint density at radius 3 is 2.60 bits per heavy atom. The molecule has 0 spiro atoms. The number of rotatable bonds is 2. The molecular weight excluding hydrogens is 272 g/mol. The zero-order chi connectivity index (χ0) is 13.7. The summed E-state index contributed by atoms with van der Waals surface area (Å²) >= 11 is 5.97. The van der Waals surface area contributed by atoms with Crippen LogP contribution >= 0.6 is 11.6 Å². The zero-order valence-electron chi connectivity index (χ0n) is 11.4. The highest BCUT2D eigenvalue weighted by Crippen LogP contribution is 2.43. The molecule has 0 radical (unpaired) electrons. The van der Waals surface area contributed by atoms with Crippen LogP contribution in [0.4, 0.5) is 0 Å². The highest BCUT2D eigenvalue weighted by molar-refractivity contribution is 6.30. The molecule has 3 nitrogen and oxygen atoms in total. The average molecular weight is 291 g/mol. The Labute approximate surface area is 124 Å². The van der Waals surface area contributed by atoms with Crippen LogP contribution in [-0.2, 0) is 0 Å². The van der Waals surface area contributed by atoms with E-state index in [0.717, 1.165) is 19.0 Å². The van der Waals surface area contributed by atoms with E-state index in [1.165, 1.54) is 19.4 Å². The van der Waals surface area contributed by atoms with Crippen molar-refractivity contribution in [1.82, 2.24) is 10.2 Å². The molecule has 1 amide bonds. The van der Waals surface area contributed by atoms with E-state index >= 15 is 0 Å². The van der Waals surface area contributed by atoms with E-state index in [1.807, 2.05) is 12.1 Å². The Kier molecular flexibility index (Phi) is 3.00. The third-order valence-corrected chi connectivity index (χ3v) is 5.41. The second-order valence-electron chi connectivity index (χ2n) is 6.59. The number of nitrogens with zero attached hydrogens (tertiary/aromatic N) is 1. The molecule has 4 bridgehead atoms.